The molecular weight excluding hydrogens is 336 g/mol. The molecule has 0 saturated heterocycles. The lowest BCUT2D eigenvalue weighted by molar-refractivity contribution is 0.185. The van der Waals surface area contributed by atoms with Crippen molar-refractivity contribution in [1.29, 1.82) is 5.26 Å². The van der Waals surface area contributed by atoms with E-state index < -0.39 is 0 Å². The van der Waals surface area contributed by atoms with Gasteiger partial charge < -0.3 is 9.64 Å². The van der Waals surface area contributed by atoms with E-state index in [1.165, 1.54) is 12.8 Å². The Labute approximate surface area is 159 Å². The predicted molar refractivity (Wildman–Crippen MR) is 106 cm³/mol. The smallest absolute Gasteiger partial charge is 0.187 e. The molecule has 0 amide bonds. The van der Waals surface area contributed by atoms with E-state index in [0.29, 0.717) is 18.3 Å². The average molecular weight is 358 g/mol. The molecule has 0 unspecified atom stereocenters. The number of methoxy groups -OCH3 is 1. The summed E-state index contributed by atoms with van der Waals surface area (Å²) < 4.78 is 5.34. The average Bonchev–Trinajstić information content (AvgIpc) is 3.54. The molecule has 0 atom stereocenters. The van der Waals surface area contributed by atoms with E-state index in [1.807, 2.05) is 12.1 Å². The van der Waals surface area contributed by atoms with Crippen LogP contribution < -0.4 is 4.90 Å². The van der Waals surface area contributed by atoms with Crippen molar-refractivity contribution in [3.63, 3.8) is 0 Å². The van der Waals surface area contributed by atoms with Crippen LogP contribution >= 0.6 is 0 Å². The summed E-state index contributed by atoms with van der Waals surface area (Å²) in [5, 5.41) is 19.1. The number of nitriles is 1. The molecule has 136 valence electrons. The van der Waals surface area contributed by atoms with Gasteiger partial charge in [-0.2, -0.15) is 5.26 Å². The lowest BCUT2D eigenvalue weighted by Crippen LogP contribution is -2.26. The second kappa shape index (κ2) is 7.34. The maximum Gasteiger partial charge on any atom is 0.187 e. The number of rotatable bonds is 6. The maximum absolute atomic E-state index is 9.56. The van der Waals surface area contributed by atoms with E-state index in [4.69, 9.17) is 4.74 Å². The van der Waals surface area contributed by atoms with Gasteiger partial charge in [-0.15, -0.1) is 10.2 Å². The van der Waals surface area contributed by atoms with Crippen molar-refractivity contribution in [3.8, 4) is 17.2 Å². The summed E-state index contributed by atoms with van der Waals surface area (Å²) in [6.07, 6.45) is 2.34. The highest BCUT2D eigenvalue weighted by Gasteiger charge is 2.31. The molecule has 3 aromatic rings. The monoisotopic (exact) mass is 358 g/mol. The molecule has 4 rings (SSSR count). The quantitative estimate of drug-likeness (QED) is 0.657. The van der Waals surface area contributed by atoms with E-state index in [-0.39, 0.29) is 0 Å². The van der Waals surface area contributed by atoms with Crippen LogP contribution in [0.25, 0.3) is 22.0 Å². The Morgan fingerprint density at radius 2 is 2.00 bits per heavy atom. The van der Waals surface area contributed by atoms with Gasteiger partial charge in [0.25, 0.3) is 0 Å². The molecular formula is C22H22N4O. The summed E-state index contributed by atoms with van der Waals surface area (Å²) in [6.45, 7) is 3.55. The summed E-state index contributed by atoms with van der Waals surface area (Å²) in [5.74, 6) is 0. The van der Waals surface area contributed by atoms with Crippen LogP contribution in [-0.4, -0.2) is 29.9 Å². The van der Waals surface area contributed by atoms with Gasteiger partial charge in [-0.3, -0.25) is 0 Å². The van der Waals surface area contributed by atoms with Gasteiger partial charge in [-0.1, -0.05) is 30.3 Å². The molecule has 5 nitrogen and oxygen atoms in total. The van der Waals surface area contributed by atoms with Crippen molar-refractivity contribution in [2.75, 3.05) is 18.6 Å². The van der Waals surface area contributed by atoms with Gasteiger partial charge in [0.15, 0.2) is 5.69 Å². The van der Waals surface area contributed by atoms with Crippen molar-refractivity contribution in [2.24, 2.45) is 0 Å². The number of fused-ring (bicyclic) bond motifs is 1. The lowest BCUT2D eigenvalue weighted by atomic mass is 9.98. The molecule has 2 aromatic carbocycles. The van der Waals surface area contributed by atoms with E-state index >= 15 is 0 Å². The first kappa shape index (κ1) is 17.4. The summed E-state index contributed by atoms with van der Waals surface area (Å²) in [6, 6.07) is 17.2. The molecule has 1 aliphatic carbocycles. The number of nitrogens with zero attached hydrogens (tertiary/aromatic N) is 4. The largest absolute Gasteiger partial charge is 0.380 e. The van der Waals surface area contributed by atoms with E-state index in [9.17, 15) is 5.26 Å². The number of ether oxygens (including phenoxy) is 1. The second-order valence-corrected chi connectivity index (χ2v) is 6.85. The Morgan fingerprint density at radius 3 is 2.70 bits per heavy atom. The summed E-state index contributed by atoms with van der Waals surface area (Å²) in [7, 11) is 1.70. The zero-order valence-corrected chi connectivity index (χ0v) is 15.6. The van der Waals surface area contributed by atoms with Crippen molar-refractivity contribution in [1.82, 2.24) is 10.2 Å². The first-order valence-corrected chi connectivity index (χ1v) is 9.31. The van der Waals surface area contributed by atoms with Gasteiger partial charge in [0.1, 0.15) is 6.07 Å². The first-order valence-electron chi connectivity index (χ1n) is 9.31. The van der Waals surface area contributed by atoms with Gasteiger partial charge in [0.05, 0.1) is 17.8 Å². The van der Waals surface area contributed by atoms with Crippen LogP contribution in [0.15, 0.2) is 42.5 Å². The SMILES string of the molecule is CCN(c1c(C#N)nnc2cc(-c3ccccc3COC)ccc12)C1CC1. The number of aromatic nitrogens is 2. The van der Waals surface area contributed by atoms with Crippen molar-refractivity contribution in [3.05, 3.63) is 53.7 Å². The van der Waals surface area contributed by atoms with Crippen LogP contribution in [0.3, 0.4) is 0 Å². The summed E-state index contributed by atoms with van der Waals surface area (Å²) >= 11 is 0. The zero-order chi connectivity index (χ0) is 18.8. The molecule has 1 aliphatic rings. The molecule has 0 bridgehead atoms. The highest BCUT2D eigenvalue weighted by molar-refractivity contribution is 5.96. The molecule has 27 heavy (non-hydrogen) atoms. The third-order valence-corrected chi connectivity index (χ3v) is 5.08. The normalized spacial score (nSPS) is 13.5. The standard InChI is InChI=1S/C22H22N4O/c1-3-26(17-9-10-17)22-19-11-8-15(12-20(19)24-25-21(22)13-23)18-7-5-4-6-16(18)14-27-2/h4-8,11-12,17H,3,9-10,14H2,1-2H3. The zero-order valence-electron chi connectivity index (χ0n) is 15.6. The van der Waals surface area contributed by atoms with Crippen molar-refractivity contribution >= 4 is 16.6 Å². The number of benzene rings is 2. The second-order valence-electron chi connectivity index (χ2n) is 6.85. The number of hydrogen-bond acceptors (Lipinski definition) is 5. The minimum atomic E-state index is 0.406. The van der Waals surface area contributed by atoms with Crippen LogP contribution in [0.2, 0.25) is 0 Å². The minimum absolute atomic E-state index is 0.406. The minimum Gasteiger partial charge on any atom is -0.380 e. The Balaban J connectivity index is 1.86. The Hall–Kier alpha value is -2.97. The molecule has 5 heteroatoms. The highest BCUT2D eigenvalue weighted by Crippen LogP contribution is 2.37. The van der Waals surface area contributed by atoms with Gasteiger partial charge in [-0.25, -0.2) is 0 Å². The van der Waals surface area contributed by atoms with E-state index in [1.54, 1.807) is 7.11 Å². The summed E-state index contributed by atoms with van der Waals surface area (Å²) in [4.78, 5) is 2.30. The van der Waals surface area contributed by atoms with Crippen LogP contribution in [0, 0.1) is 11.3 Å². The topological polar surface area (TPSA) is 62.0 Å². The Bertz CT molecular complexity index is 1020. The lowest BCUT2D eigenvalue weighted by Gasteiger charge is -2.24. The van der Waals surface area contributed by atoms with Gasteiger partial charge >= 0.3 is 0 Å². The highest BCUT2D eigenvalue weighted by atomic mass is 16.5. The van der Waals surface area contributed by atoms with Crippen molar-refractivity contribution < 1.29 is 4.74 Å². The Morgan fingerprint density at radius 1 is 1.19 bits per heavy atom. The fraction of sp³-hybridized carbons (Fsp3) is 0.318. The molecule has 1 saturated carbocycles. The van der Waals surface area contributed by atoms with E-state index in [2.05, 4.69) is 58.4 Å². The molecule has 1 heterocycles. The number of hydrogen-bond donors (Lipinski definition) is 0. The predicted octanol–water partition coefficient (Wildman–Crippen LogP) is 4.30. The molecule has 0 radical (unpaired) electrons. The van der Waals surface area contributed by atoms with Crippen LogP contribution in [0.4, 0.5) is 5.69 Å². The fourth-order valence-electron chi connectivity index (χ4n) is 3.70. The molecule has 0 N–H and O–H groups in total. The van der Waals surface area contributed by atoms with Crippen LogP contribution in [-0.2, 0) is 11.3 Å². The van der Waals surface area contributed by atoms with Crippen molar-refractivity contribution in [2.45, 2.75) is 32.4 Å². The maximum atomic E-state index is 9.56. The third kappa shape index (κ3) is 3.24. The third-order valence-electron chi connectivity index (χ3n) is 5.08. The van der Waals surface area contributed by atoms with Gasteiger partial charge in [0, 0.05) is 25.1 Å². The van der Waals surface area contributed by atoms with Crippen LogP contribution in [0.5, 0.6) is 0 Å². The molecule has 1 aromatic heterocycles. The number of anilines is 1. The molecule has 0 spiro atoms. The fourth-order valence-corrected chi connectivity index (χ4v) is 3.70. The molecule has 0 aliphatic heterocycles. The van der Waals surface area contributed by atoms with Crippen LogP contribution in [0.1, 0.15) is 31.0 Å². The van der Waals surface area contributed by atoms with Gasteiger partial charge in [-0.05, 0) is 48.6 Å². The van der Waals surface area contributed by atoms with Gasteiger partial charge in [0.2, 0.25) is 0 Å². The summed E-state index contributed by atoms with van der Waals surface area (Å²) in [5.41, 5.74) is 5.48. The Kier molecular flexibility index (Phi) is 4.74. The first-order chi connectivity index (χ1) is 13.3. The van der Waals surface area contributed by atoms with E-state index in [0.717, 1.165) is 39.8 Å². The molecule has 1 fully saturated rings.